The number of nitrogens with zero attached hydrogens (tertiary/aromatic N) is 3. The van der Waals surface area contributed by atoms with Gasteiger partial charge in [-0.3, -0.25) is 14.4 Å². The zero-order chi connectivity index (χ0) is 20.5. The van der Waals surface area contributed by atoms with Crippen LogP contribution in [-0.4, -0.2) is 90.5 Å². The minimum Gasteiger partial charge on any atom is -0.375 e. The molecule has 3 fully saturated rings. The molecule has 3 atom stereocenters. The van der Waals surface area contributed by atoms with Gasteiger partial charge in [0, 0.05) is 33.2 Å². The highest BCUT2D eigenvalue weighted by Crippen LogP contribution is 2.30. The number of fused-ring (bicyclic) bond motifs is 2. The third-order valence-corrected chi connectivity index (χ3v) is 5.80. The Kier molecular flexibility index (Phi) is 5.51. The van der Waals surface area contributed by atoms with Gasteiger partial charge in [0.1, 0.15) is 24.5 Å². The summed E-state index contributed by atoms with van der Waals surface area (Å²) in [5.74, 6) is -0.715. The molecule has 3 aliphatic rings. The number of rotatable bonds is 5. The highest BCUT2D eigenvalue weighted by molar-refractivity contribution is 5.98. The maximum absolute atomic E-state index is 13.0. The summed E-state index contributed by atoms with van der Waals surface area (Å²) in [6.45, 7) is 1.52. The first-order chi connectivity index (χ1) is 14.0. The van der Waals surface area contributed by atoms with Gasteiger partial charge in [0.15, 0.2) is 0 Å². The summed E-state index contributed by atoms with van der Waals surface area (Å²) >= 11 is 0. The van der Waals surface area contributed by atoms with Crippen molar-refractivity contribution in [2.75, 3.05) is 39.9 Å². The molecule has 1 aromatic rings. The van der Waals surface area contributed by atoms with E-state index in [4.69, 9.17) is 9.47 Å². The molecular formula is C20H24FN3O5. The third kappa shape index (κ3) is 3.84. The van der Waals surface area contributed by atoms with Gasteiger partial charge in [0.25, 0.3) is 0 Å². The van der Waals surface area contributed by atoms with Crippen molar-refractivity contribution in [2.45, 2.75) is 31.2 Å². The van der Waals surface area contributed by atoms with Gasteiger partial charge < -0.3 is 24.2 Å². The first-order valence-electron chi connectivity index (χ1n) is 9.71. The predicted octanol–water partition coefficient (Wildman–Crippen LogP) is 0.0112. The number of hydrogen-bond donors (Lipinski definition) is 0. The molecule has 0 bridgehead atoms. The van der Waals surface area contributed by atoms with Gasteiger partial charge in [0.2, 0.25) is 17.7 Å². The number of benzene rings is 1. The van der Waals surface area contributed by atoms with Crippen LogP contribution in [0.15, 0.2) is 24.3 Å². The molecule has 156 valence electrons. The van der Waals surface area contributed by atoms with E-state index in [1.54, 1.807) is 26.8 Å². The van der Waals surface area contributed by atoms with Crippen LogP contribution < -0.4 is 0 Å². The van der Waals surface area contributed by atoms with E-state index in [0.717, 1.165) is 5.56 Å². The van der Waals surface area contributed by atoms with Crippen LogP contribution in [0.4, 0.5) is 4.39 Å². The number of methoxy groups -OCH3 is 1. The Morgan fingerprint density at radius 3 is 2.52 bits per heavy atom. The molecule has 8 nitrogen and oxygen atoms in total. The molecule has 3 amide bonds. The van der Waals surface area contributed by atoms with Crippen LogP contribution in [0.3, 0.4) is 0 Å². The second-order valence-corrected chi connectivity index (χ2v) is 7.62. The first-order valence-corrected chi connectivity index (χ1v) is 9.71. The molecule has 3 heterocycles. The molecule has 0 N–H and O–H groups in total. The minimum absolute atomic E-state index is 0.0412. The van der Waals surface area contributed by atoms with Crippen molar-refractivity contribution in [3.63, 3.8) is 0 Å². The molecular weight excluding hydrogens is 381 g/mol. The molecule has 0 spiro atoms. The van der Waals surface area contributed by atoms with E-state index < -0.39 is 12.1 Å². The van der Waals surface area contributed by atoms with Crippen molar-refractivity contribution in [1.29, 1.82) is 0 Å². The minimum atomic E-state index is -0.649. The van der Waals surface area contributed by atoms with Crippen LogP contribution in [-0.2, 0) is 30.5 Å². The molecule has 0 aromatic heterocycles. The Morgan fingerprint density at radius 2 is 1.79 bits per heavy atom. The lowest BCUT2D eigenvalue weighted by molar-refractivity contribution is -0.165. The largest absolute Gasteiger partial charge is 0.375 e. The summed E-state index contributed by atoms with van der Waals surface area (Å²) in [4.78, 5) is 42.9. The molecule has 9 heteroatoms. The van der Waals surface area contributed by atoms with E-state index in [-0.39, 0.29) is 42.8 Å². The lowest BCUT2D eigenvalue weighted by Crippen LogP contribution is -2.69. The number of piperazine rings is 2. The molecule has 0 aliphatic carbocycles. The summed E-state index contributed by atoms with van der Waals surface area (Å²) < 4.78 is 23.8. The van der Waals surface area contributed by atoms with Crippen LogP contribution in [0.5, 0.6) is 0 Å². The summed E-state index contributed by atoms with van der Waals surface area (Å²) in [5, 5.41) is 0. The Balaban J connectivity index is 1.40. The number of amides is 3. The van der Waals surface area contributed by atoms with Crippen LogP contribution in [0, 0.1) is 5.82 Å². The summed E-state index contributed by atoms with van der Waals surface area (Å²) in [6.07, 6.45) is 0.187. The zero-order valence-corrected chi connectivity index (χ0v) is 16.3. The Bertz CT molecular complexity index is 802. The lowest BCUT2D eigenvalue weighted by atomic mass is 10.0. The van der Waals surface area contributed by atoms with Gasteiger partial charge in [-0.15, -0.1) is 0 Å². The summed E-state index contributed by atoms with van der Waals surface area (Å²) in [7, 11) is 1.45. The molecule has 3 aliphatic heterocycles. The van der Waals surface area contributed by atoms with Crippen molar-refractivity contribution in [3.05, 3.63) is 35.6 Å². The number of halogens is 1. The van der Waals surface area contributed by atoms with Crippen LogP contribution >= 0.6 is 0 Å². The quantitative estimate of drug-likeness (QED) is 0.690. The van der Waals surface area contributed by atoms with E-state index in [1.807, 2.05) is 0 Å². The monoisotopic (exact) mass is 405 g/mol. The predicted molar refractivity (Wildman–Crippen MR) is 99.1 cm³/mol. The fourth-order valence-corrected chi connectivity index (χ4v) is 4.27. The lowest BCUT2D eigenvalue weighted by Gasteiger charge is -2.47. The molecule has 0 saturated carbocycles. The van der Waals surface area contributed by atoms with Crippen LogP contribution in [0.2, 0.25) is 0 Å². The van der Waals surface area contributed by atoms with E-state index in [2.05, 4.69) is 0 Å². The molecule has 4 rings (SSSR count). The SMILES string of the molecule is COCC(=O)N1CCN2C(=O)[C@@H]3C[C@@H](OCc4ccc(F)cc4)CN3C(=O)[C@@H]2C1. The fraction of sp³-hybridized carbons (Fsp3) is 0.550. The van der Waals surface area contributed by atoms with Crippen LogP contribution in [0.1, 0.15) is 12.0 Å². The number of carbonyl (C=O) groups excluding carboxylic acids is 3. The van der Waals surface area contributed by atoms with Crippen molar-refractivity contribution < 1.29 is 28.2 Å². The van der Waals surface area contributed by atoms with Crippen molar-refractivity contribution >= 4 is 17.7 Å². The molecule has 0 radical (unpaired) electrons. The fourth-order valence-electron chi connectivity index (χ4n) is 4.27. The van der Waals surface area contributed by atoms with Gasteiger partial charge in [-0.1, -0.05) is 12.1 Å². The van der Waals surface area contributed by atoms with E-state index in [1.165, 1.54) is 19.2 Å². The van der Waals surface area contributed by atoms with Crippen LogP contribution in [0.25, 0.3) is 0 Å². The summed E-state index contributed by atoms with van der Waals surface area (Å²) in [6, 6.07) is 4.89. The highest BCUT2D eigenvalue weighted by atomic mass is 19.1. The standard InChI is InChI=1S/C20H24FN3O5/c1-28-12-18(25)22-6-7-23-17(10-22)20(27)24-9-15(8-16(24)19(23)26)29-11-13-2-4-14(21)5-3-13/h2-5,15-17H,6-12H2,1H3/t15-,16+,17+/m1/s1. The van der Waals surface area contributed by atoms with Crippen molar-refractivity contribution in [2.24, 2.45) is 0 Å². The van der Waals surface area contributed by atoms with Gasteiger partial charge in [-0.2, -0.15) is 0 Å². The number of carbonyl (C=O) groups is 3. The Morgan fingerprint density at radius 1 is 1.07 bits per heavy atom. The maximum atomic E-state index is 13.0. The van der Waals surface area contributed by atoms with Gasteiger partial charge in [0.05, 0.1) is 19.3 Å². The van der Waals surface area contributed by atoms with Gasteiger partial charge in [-0.05, 0) is 17.7 Å². The Labute approximate surface area is 168 Å². The average molecular weight is 405 g/mol. The van der Waals surface area contributed by atoms with E-state index >= 15 is 0 Å². The first kappa shape index (κ1) is 19.8. The van der Waals surface area contributed by atoms with Crippen molar-refractivity contribution in [1.82, 2.24) is 14.7 Å². The topological polar surface area (TPSA) is 79.4 Å². The van der Waals surface area contributed by atoms with Crippen molar-refractivity contribution in [3.8, 4) is 0 Å². The second kappa shape index (κ2) is 8.08. The van der Waals surface area contributed by atoms with E-state index in [9.17, 15) is 18.8 Å². The third-order valence-electron chi connectivity index (χ3n) is 5.80. The second-order valence-electron chi connectivity index (χ2n) is 7.62. The number of hydrogen-bond acceptors (Lipinski definition) is 5. The van der Waals surface area contributed by atoms with Gasteiger partial charge >= 0.3 is 0 Å². The molecule has 1 aromatic carbocycles. The molecule has 3 saturated heterocycles. The molecule has 29 heavy (non-hydrogen) atoms. The highest BCUT2D eigenvalue weighted by Gasteiger charge is 2.52. The summed E-state index contributed by atoms with van der Waals surface area (Å²) in [5.41, 5.74) is 0.832. The number of ether oxygens (including phenoxy) is 2. The van der Waals surface area contributed by atoms with E-state index in [0.29, 0.717) is 32.7 Å². The normalized spacial score (nSPS) is 26.6. The zero-order valence-electron chi connectivity index (χ0n) is 16.3. The Hall–Kier alpha value is -2.52. The average Bonchev–Trinajstić information content (AvgIpc) is 3.16. The smallest absolute Gasteiger partial charge is 0.248 e. The van der Waals surface area contributed by atoms with Gasteiger partial charge in [-0.25, -0.2) is 4.39 Å². The maximum Gasteiger partial charge on any atom is 0.248 e. The molecule has 0 unspecified atom stereocenters.